The van der Waals surface area contributed by atoms with Crippen LogP contribution < -0.4 is 5.73 Å². The Balaban J connectivity index is 1.93. The zero-order valence-electron chi connectivity index (χ0n) is 9.35. The highest BCUT2D eigenvalue weighted by Gasteiger charge is 2.16. The van der Waals surface area contributed by atoms with E-state index < -0.39 is 0 Å². The second-order valence-corrected chi connectivity index (χ2v) is 4.20. The third kappa shape index (κ3) is 2.72. The Kier molecular flexibility index (Phi) is 3.39. The van der Waals surface area contributed by atoms with Gasteiger partial charge in [0.2, 0.25) is 5.91 Å². The number of aromatic nitrogens is 1. The molecule has 1 aliphatic heterocycles. The van der Waals surface area contributed by atoms with Crippen LogP contribution in [0.5, 0.6) is 0 Å². The molecule has 1 fully saturated rings. The highest BCUT2D eigenvalue weighted by atomic mass is 16.2. The summed E-state index contributed by atoms with van der Waals surface area (Å²) in [4.78, 5) is 18.0. The van der Waals surface area contributed by atoms with Gasteiger partial charge in [0.15, 0.2) is 0 Å². The van der Waals surface area contributed by atoms with Gasteiger partial charge in [0, 0.05) is 18.8 Å². The van der Waals surface area contributed by atoms with Crippen LogP contribution in [0.3, 0.4) is 0 Å². The summed E-state index contributed by atoms with van der Waals surface area (Å²) >= 11 is 0. The number of piperidine rings is 1. The number of anilines is 1. The minimum Gasteiger partial charge on any atom is -0.397 e. The zero-order valence-corrected chi connectivity index (χ0v) is 9.35. The fourth-order valence-corrected chi connectivity index (χ4v) is 1.95. The van der Waals surface area contributed by atoms with E-state index >= 15 is 0 Å². The summed E-state index contributed by atoms with van der Waals surface area (Å²) in [5.74, 6) is 0.178. The fourth-order valence-electron chi connectivity index (χ4n) is 1.95. The lowest BCUT2D eigenvalue weighted by Gasteiger charge is -2.26. The standard InChI is InChI=1S/C12H17N3O/c13-10-4-5-11(14-9-10)8-12(16)15-6-2-1-3-7-15/h4-5,9H,1-3,6-8,13H2. The average Bonchev–Trinajstić information content (AvgIpc) is 2.33. The molecule has 4 heteroatoms. The lowest BCUT2D eigenvalue weighted by atomic mass is 10.1. The molecule has 0 spiro atoms. The minimum atomic E-state index is 0.178. The summed E-state index contributed by atoms with van der Waals surface area (Å²) in [5.41, 5.74) is 6.97. The van der Waals surface area contributed by atoms with Crippen molar-refractivity contribution >= 4 is 11.6 Å². The van der Waals surface area contributed by atoms with Gasteiger partial charge in [-0.2, -0.15) is 0 Å². The summed E-state index contributed by atoms with van der Waals surface area (Å²) in [6.45, 7) is 1.79. The van der Waals surface area contributed by atoms with Crippen LogP contribution in [0.4, 0.5) is 5.69 Å². The van der Waals surface area contributed by atoms with Crippen LogP contribution in [0.15, 0.2) is 18.3 Å². The van der Waals surface area contributed by atoms with Crippen LogP contribution in [0.2, 0.25) is 0 Å². The van der Waals surface area contributed by atoms with Gasteiger partial charge in [0.1, 0.15) is 0 Å². The Morgan fingerprint density at radius 1 is 1.31 bits per heavy atom. The molecule has 0 bridgehead atoms. The zero-order chi connectivity index (χ0) is 11.4. The smallest absolute Gasteiger partial charge is 0.228 e. The van der Waals surface area contributed by atoms with E-state index in [1.807, 2.05) is 11.0 Å². The Morgan fingerprint density at radius 2 is 2.06 bits per heavy atom. The molecule has 0 atom stereocenters. The highest BCUT2D eigenvalue weighted by molar-refractivity contribution is 5.78. The second kappa shape index (κ2) is 4.96. The number of carbonyl (C=O) groups excluding carboxylic acids is 1. The summed E-state index contributed by atoms with van der Waals surface area (Å²) in [6.07, 6.45) is 5.48. The van der Waals surface area contributed by atoms with E-state index in [4.69, 9.17) is 5.73 Å². The van der Waals surface area contributed by atoms with E-state index in [-0.39, 0.29) is 5.91 Å². The molecule has 1 aromatic heterocycles. The van der Waals surface area contributed by atoms with Crippen LogP contribution >= 0.6 is 0 Å². The third-order valence-corrected chi connectivity index (χ3v) is 2.89. The van der Waals surface area contributed by atoms with E-state index in [1.165, 1.54) is 6.42 Å². The summed E-state index contributed by atoms with van der Waals surface area (Å²) in [6, 6.07) is 3.60. The first-order valence-electron chi connectivity index (χ1n) is 5.74. The molecule has 86 valence electrons. The molecule has 2 rings (SSSR count). The minimum absolute atomic E-state index is 0.178. The molecule has 2 N–H and O–H groups in total. The van der Waals surface area contributed by atoms with Gasteiger partial charge in [-0.15, -0.1) is 0 Å². The quantitative estimate of drug-likeness (QED) is 0.813. The Bertz CT molecular complexity index is 355. The molecule has 16 heavy (non-hydrogen) atoms. The molecule has 2 heterocycles. The van der Waals surface area contributed by atoms with Crippen LogP contribution in [-0.4, -0.2) is 28.9 Å². The van der Waals surface area contributed by atoms with Gasteiger partial charge in [-0.25, -0.2) is 0 Å². The molecule has 1 aromatic rings. The molecular weight excluding hydrogens is 202 g/mol. The normalized spacial score (nSPS) is 16.1. The van der Waals surface area contributed by atoms with Crippen molar-refractivity contribution in [2.24, 2.45) is 0 Å². The number of rotatable bonds is 2. The summed E-state index contributed by atoms with van der Waals surface area (Å²) < 4.78 is 0. The first-order valence-corrected chi connectivity index (χ1v) is 5.74. The lowest BCUT2D eigenvalue weighted by molar-refractivity contribution is -0.131. The molecule has 1 aliphatic rings. The van der Waals surface area contributed by atoms with E-state index in [1.54, 1.807) is 12.3 Å². The largest absolute Gasteiger partial charge is 0.397 e. The van der Waals surface area contributed by atoms with Gasteiger partial charge in [-0.1, -0.05) is 0 Å². The Morgan fingerprint density at radius 3 is 2.69 bits per heavy atom. The van der Waals surface area contributed by atoms with E-state index in [0.717, 1.165) is 31.6 Å². The predicted molar refractivity (Wildman–Crippen MR) is 62.8 cm³/mol. The monoisotopic (exact) mass is 219 g/mol. The molecule has 1 amide bonds. The van der Waals surface area contributed by atoms with Gasteiger partial charge >= 0.3 is 0 Å². The molecule has 0 aliphatic carbocycles. The SMILES string of the molecule is Nc1ccc(CC(=O)N2CCCCC2)nc1. The van der Waals surface area contributed by atoms with Crippen molar-refractivity contribution in [1.29, 1.82) is 0 Å². The van der Waals surface area contributed by atoms with Crippen molar-refractivity contribution < 1.29 is 4.79 Å². The number of hydrogen-bond acceptors (Lipinski definition) is 3. The fraction of sp³-hybridized carbons (Fsp3) is 0.500. The van der Waals surface area contributed by atoms with Gasteiger partial charge in [-0.3, -0.25) is 9.78 Å². The van der Waals surface area contributed by atoms with Crippen molar-refractivity contribution in [3.8, 4) is 0 Å². The molecule has 0 saturated carbocycles. The first kappa shape index (κ1) is 10.9. The molecule has 0 radical (unpaired) electrons. The van der Waals surface area contributed by atoms with Gasteiger partial charge in [0.05, 0.1) is 18.3 Å². The Hall–Kier alpha value is -1.58. The number of nitrogen functional groups attached to an aromatic ring is 1. The van der Waals surface area contributed by atoms with E-state index in [0.29, 0.717) is 12.1 Å². The van der Waals surface area contributed by atoms with Crippen LogP contribution in [0, 0.1) is 0 Å². The van der Waals surface area contributed by atoms with Crippen molar-refractivity contribution in [2.45, 2.75) is 25.7 Å². The maximum Gasteiger partial charge on any atom is 0.228 e. The van der Waals surface area contributed by atoms with Gasteiger partial charge in [-0.05, 0) is 31.4 Å². The number of carbonyl (C=O) groups is 1. The molecule has 0 aromatic carbocycles. The van der Waals surface area contributed by atoms with Crippen molar-refractivity contribution in [3.05, 3.63) is 24.0 Å². The topological polar surface area (TPSA) is 59.2 Å². The highest BCUT2D eigenvalue weighted by Crippen LogP contribution is 2.11. The predicted octanol–water partition coefficient (Wildman–Crippen LogP) is 1.22. The van der Waals surface area contributed by atoms with Crippen LogP contribution in [-0.2, 0) is 11.2 Å². The van der Waals surface area contributed by atoms with Crippen molar-refractivity contribution in [1.82, 2.24) is 9.88 Å². The van der Waals surface area contributed by atoms with Gasteiger partial charge in [0.25, 0.3) is 0 Å². The Labute approximate surface area is 95.5 Å². The van der Waals surface area contributed by atoms with Crippen LogP contribution in [0.25, 0.3) is 0 Å². The molecule has 0 unspecified atom stereocenters. The van der Waals surface area contributed by atoms with Crippen LogP contribution in [0.1, 0.15) is 25.0 Å². The molecular formula is C12H17N3O. The second-order valence-electron chi connectivity index (χ2n) is 4.20. The van der Waals surface area contributed by atoms with Crippen molar-refractivity contribution in [2.75, 3.05) is 18.8 Å². The number of hydrogen-bond donors (Lipinski definition) is 1. The number of likely N-dealkylation sites (tertiary alicyclic amines) is 1. The maximum atomic E-state index is 11.9. The lowest BCUT2D eigenvalue weighted by Crippen LogP contribution is -2.36. The molecule has 1 saturated heterocycles. The number of nitrogens with zero attached hydrogens (tertiary/aromatic N) is 2. The molecule has 4 nitrogen and oxygen atoms in total. The average molecular weight is 219 g/mol. The maximum absolute atomic E-state index is 11.9. The first-order chi connectivity index (χ1) is 7.75. The number of amides is 1. The summed E-state index contributed by atoms with van der Waals surface area (Å²) in [7, 11) is 0. The number of nitrogens with two attached hydrogens (primary N) is 1. The van der Waals surface area contributed by atoms with E-state index in [9.17, 15) is 4.79 Å². The van der Waals surface area contributed by atoms with E-state index in [2.05, 4.69) is 4.98 Å². The van der Waals surface area contributed by atoms with Gasteiger partial charge < -0.3 is 10.6 Å². The summed E-state index contributed by atoms with van der Waals surface area (Å²) in [5, 5.41) is 0. The third-order valence-electron chi connectivity index (χ3n) is 2.89. The number of pyridine rings is 1. The van der Waals surface area contributed by atoms with Crippen molar-refractivity contribution in [3.63, 3.8) is 0 Å².